The van der Waals surface area contributed by atoms with Crippen LogP contribution in [0.1, 0.15) is 18.1 Å². The summed E-state index contributed by atoms with van der Waals surface area (Å²) in [6, 6.07) is 8.64. The lowest BCUT2D eigenvalue weighted by atomic mass is 10.0. The van der Waals surface area contributed by atoms with Gasteiger partial charge < -0.3 is 9.84 Å². The molecule has 2 aromatic rings. The SMILES string of the molecule is COc1cc(C(O)=C2C(=O)N(C(C)=O)c3ccc(Br)cc32)ccc1[N+](=O)[O-]. The molecule has 0 aliphatic carbocycles. The Labute approximate surface area is 161 Å². The predicted octanol–water partition coefficient (Wildman–Crippen LogP) is 3.69. The van der Waals surface area contributed by atoms with Crippen LogP contribution in [0.25, 0.3) is 11.3 Å². The molecule has 1 aliphatic heterocycles. The van der Waals surface area contributed by atoms with Crippen LogP contribution in [0.5, 0.6) is 5.75 Å². The van der Waals surface area contributed by atoms with Crippen LogP contribution in [0, 0.1) is 10.1 Å². The number of aliphatic hydroxyl groups excluding tert-OH is 1. The van der Waals surface area contributed by atoms with E-state index in [1.807, 2.05) is 0 Å². The number of carbonyl (C=O) groups excluding carboxylic acids is 2. The predicted molar refractivity (Wildman–Crippen MR) is 101 cm³/mol. The molecule has 0 fully saturated rings. The van der Waals surface area contributed by atoms with Crippen LogP contribution < -0.4 is 9.64 Å². The van der Waals surface area contributed by atoms with Crippen molar-refractivity contribution >= 4 is 50.5 Å². The van der Waals surface area contributed by atoms with Gasteiger partial charge in [0, 0.05) is 28.6 Å². The van der Waals surface area contributed by atoms with E-state index in [9.17, 15) is 24.8 Å². The highest BCUT2D eigenvalue weighted by molar-refractivity contribution is 9.10. The molecule has 0 unspecified atom stereocenters. The number of methoxy groups -OCH3 is 1. The summed E-state index contributed by atoms with van der Waals surface area (Å²) in [6.45, 7) is 1.25. The first-order valence-electron chi connectivity index (χ1n) is 7.67. The number of anilines is 1. The molecule has 0 radical (unpaired) electrons. The van der Waals surface area contributed by atoms with E-state index in [1.54, 1.807) is 18.2 Å². The summed E-state index contributed by atoms with van der Waals surface area (Å²) in [6.07, 6.45) is 0. The Kier molecular flexibility index (Phi) is 4.71. The van der Waals surface area contributed by atoms with E-state index in [0.29, 0.717) is 15.7 Å². The Morgan fingerprint density at radius 1 is 1.26 bits per heavy atom. The summed E-state index contributed by atoms with van der Waals surface area (Å²) in [5, 5.41) is 21.8. The molecular weight excluding hydrogens is 420 g/mol. The van der Waals surface area contributed by atoms with Gasteiger partial charge in [0.2, 0.25) is 5.91 Å². The first kappa shape index (κ1) is 18.6. The number of rotatable bonds is 3. The van der Waals surface area contributed by atoms with Gasteiger partial charge in [-0.2, -0.15) is 0 Å². The maximum Gasteiger partial charge on any atom is 0.310 e. The lowest BCUT2D eigenvalue weighted by molar-refractivity contribution is -0.385. The fourth-order valence-corrected chi connectivity index (χ4v) is 3.26. The summed E-state index contributed by atoms with van der Waals surface area (Å²) < 4.78 is 5.66. The van der Waals surface area contributed by atoms with Crippen molar-refractivity contribution in [3.8, 4) is 5.75 Å². The number of nitro groups is 1. The number of nitrogens with zero attached hydrogens (tertiary/aromatic N) is 2. The van der Waals surface area contributed by atoms with E-state index in [-0.39, 0.29) is 22.6 Å². The number of benzene rings is 2. The van der Waals surface area contributed by atoms with Gasteiger partial charge in [0.25, 0.3) is 5.91 Å². The first-order chi connectivity index (χ1) is 12.8. The summed E-state index contributed by atoms with van der Waals surface area (Å²) in [7, 11) is 1.26. The van der Waals surface area contributed by atoms with Gasteiger partial charge in [0.15, 0.2) is 5.75 Å². The summed E-state index contributed by atoms with van der Waals surface area (Å²) >= 11 is 3.31. The van der Waals surface area contributed by atoms with Crippen LogP contribution in [0.4, 0.5) is 11.4 Å². The molecule has 0 atom stereocenters. The van der Waals surface area contributed by atoms with Crippen molar-refractivity contribution < 1.29 is 24.4 Å². The smallest absolute Gasteiger partial charge is 0.310 e. The zero-order chi connectivity index (χ0) is 19.9. The highest BCUT2D eigenvalue weighted by Crippen LogP contribution is 2.42. The van der Waals surface area contributed by atoms with Crippen LogP contribution in [0.2, 0.25) is 0 Å². The number of halogens is 1. The highest BCUT2D eigenvalue weighted by Gasteiger charge is 2.38. The lowest BCUT2D eigenvalue weighted by Gasteiger charge is -2.12. The third-order valence-corrected chi connectivity index (χ3v) is 4.58. The lowest BCUT2D eigenvalue weighted by Crippen LogP contribution is -2.31. The number of amides is 2. The fourth-order valence-electron chi connectivity index (χ4n) is 2.90. The standard InChI is InChI=1S/C18H13BrN2O6/c1-9(22)20-13-6-4-11(19)8-12(13)16(18(20)24)17(23)10-3-5-14(21(25)26)15(7-10)27-2/h3-8,23H,1-2H3. The van der Waals surface area contributed by atoms with Gasteiger partial charge in [0.05, 0.1) is 23.3 Å². The first-order valence-corrected chi connectivity index (χ1v) is 8.46. The van der Waals surface area contributed by atoms with Crippen molar-refractivity contribution in [1.29, 1.82) is 0 Å². The van der Waals surface area contributed by atoms with Crippen LogP contribution >= 0.6 is 15.9 Å². The largest absolute Gasteiger partial charge is 0.506 e. The molecule has 1 heterocycles. The molecule has 0 aromatic heterocycles. The monoisotopic (exact) mass is 432 g/mol. The topological polar surface area (TPSA) is 110 Å². The van der Waals surface area contributed by atoms with Gasteiger partial charge in [-0.3, -0.25) is 19.7 Å². The number of imide groups is 1. The zero-order valence-electron chi connectivity index (χ0n) is 14.2. The van der Waals surface area contributed by atoms with Crippen LogP contribution in [-0.4, -0.2) is 29.0 Å². The third-order valence-electron chi connectivity index (χ3n) is 4.09. The molecule has 1 N–H and O–H groups in total. The van der Waals surface area contributed by atoms with Crippen LogP contribution in [-0.2, 0) is 9.59 Å². The Bertz CT molecular complexity index is 1030. The molecule has 138 valence electrons. The second kappa shape index (κ2) is 6.84. The Balaban J connectivity index is 2.24. The maximum absolute atomic E-state index is 12.8. The molecule has 1 aliphatic rings. The second-order valence-corrected chi connectivity index (χ2v) is 6.60. The normalized spacial score (nSPS) is 14.8. The van der Waals surface area contributed by atoms with Crippen molar-refractivity contribution in [2.24, 2.45) is 0 Å². The number of hydrogen-bond acceptors (Lipinski definition) is 6. The van der Waals surface area contributed by atoms with E-state index in [1.165, 1.54) is 32.2 Å². The number of fused-ring (bicyclic) bond motifs is 1. The van der Waals surface area contributed by atoms with E-state index in [2.05, 4.69) is 15.9 Å². The molecule has 0 spiro atoms. The van der Waals surface area contributed by atoms with Crippen LogP contribution in [0.15, 0.2) is 40.9 Å². The van der Waals surface area contributed by atoms with Crippen molar-refractivity contribution in [1.82, 2.24) is 0 Å². The molecule has 3 rings (SSSR count). The zero-order valence-corrected chi connectivity index (χ0v) is 15.8. The molecule has 9 heteroatoms. The number of nitro benzene ring substituents is 1. The molecule has 0 saturated carbocycles. The minimum atomic E-state index is -0.676. The van der Waals surface area contributed by atoms with Gasteiger partial charge >= 0.3 is 5.69 Å². The Morgan fingerprint density at radius 3 is 2.56 bits per heavy atom. The van der Waals surface area contributed by atoms with E-state index < -0.39 is 22.5 Å². The van der Waals surface area contributed by atoms with Gasteiger partial charge in [0.1, 0.15) is 5.76 Å². The van der Waals surface area contributed by atoms with Crippen molar-refractivity contribution in [2.75, 3.05) is 12.0 Å². The molecule has 0 bridgehead atoms. The third kappa shape index (κ3) is 3.06. The van der Waals surface area contributed by atoms with E-state index in [4.69, 9.17) is 4.74 Å². The van der Waals surface area contributed by atoms with Gasteiger partial charge in [-0.25, -0.2) is 4.90 Å². The van der Waals surface area contributed by atoms with E-state index >= 15 is 0 Å². The minimum absolute atomic E-state index is 0.0621. The van der Waals surface area contributed by atoms with Gasteiger partial charge in [-0.1, -0.05) is 15.9 Å². The average Bonchev–Trinajstić information content (AvgIpc) is 2.91. The Morgan fingerprint density at radius 2 is 1.96 bits per heavy atom. The molecule has 2 amide bonds. The molecular formula is C18H13BrN2O6. The average molecular weight is 433 g/mol. The number of aliphatic hydroxyl groups is 1. The van der Waals surface area contributed by atoms with Crippen molar-refractivity contribution in [3.63, 3.8) is 0 Å². The van der Waals surface area contributed by atoms with Gasteiger partial charge in [-0.05, 0) is 30.3 Å². The molecule has 27 heavy (non-hydrogen) atoms. The highest BCUT2D eigenvalue weighted by atomic mass is 79.9. The van der Waals surface area contributed by atoms with E-state index in [0.717, 1.165) is 4.90 Å². The summed E-state index contributed by atoms with van der Waals surface area (Å²) in [5.74, 6) is -1.64. The summed E-state index contributed by atoms with van der Waals surface area (Å²) in [5.41, 5.74) is 0.533. The number of hydrogen-bond donors (Lipinski definition) is 1. The quantitative estimate of drug-likeness (QED) is 0.342. The maximum atomic E-state index is 12.8. The Hall–Kier alpha value is -3.20. The number of ether oxygens (including phenoxy) is 1. The molecule has 0 saturated heterocycles. The van der Waals surface area contributed by atoms with Crippen molar-refractivity contribution in [3.05, 3.63) is 62.1 Å². The minimum Gasteiger partial charge on any atom is -0.506 e. The molecule has 8 nitrogen and oxygen atoms in total. The molecule has 2 aromatic carbocycles. The van der Waals surface area contributed by atoms with Crippen molar-refractivity contribution in [2.45, 2.75) is 6.92 Å². The van der Waals surface area contributed by atoms with Crippen LogP contribution in [0.3, 0.4) is 0 Å². The van der Waals surface area contributed by atoms with Gasteiger partial charge in [-0.15, -0.1) is 0 Å². The second-order valence-electron chi connectivity index (χ2n) is 5.69. The summed E-state index contributed by atoms with van der Waals surface area (Å²) in [4.78, 5) is 36.1. The number of carbonyl (C=O) groups is 2. The fraction of sp³-hybridized carbons (Fsp3) is 0.111.